The number of rotatable bonds is 11. The second-order valence-corrected chi connectivity index (χ2v) is 6.94. The molecule has 0 aliphatic carbocycles. The first-order valence-electron chi connectivity index (χ1n) is 10.2. The van der Waals surface area contributed by atoms with Crippen LogP contribution in [0.1, 0.15) is 20.3 Å². The number of hydrogen-bond acceptors (Lipinski definition) is 7. The minimum Gasteiger partial charge on any atom is -0.475 e. The van der Waals surface area contributed by atoms with Crippen LogP contribution in [0.25, 0.3) is 11.0 Å². The van der Waals surface area contributed by atoms with E-state index in [1.807, 2.05) is 28.8 Å². The van der Waals surface area contributed by atoms with Crippen molar-refractivity contribution in [2.45, 2.75) is 33.4 Å². The van der Waals surface area contributed by atoms with E-state index in [9.17, 15) is 14.9 Å². The van der Waals surface area contributed by atoms with Crippen LogP contribution in [0.15, 0.2) is 30.5 Å². The summed E-state index contributed by atoms with van der Waals surface area (Å²) in [6.45, 7) is 7.84. The number of imidazole rings is 1. The zero-order valence-corrected chi connectivity index (χ0v) is 17.9. The van der Waals surface area contributed by atoms with Crippen LogP contribution in [-0.4, -0.2) is 61.8 Å². The molecular formula is C20H27N7O4. The zero-order chi connectivity index (χ0) is 22.4. The predicted molar refractivity (Wildman–Crippen MR) is 116 cm³/mol. The Hall–Kier alpha value is -3.47. The molecule has 0 unspecified atom stereocenters. The first-order valence-corrected chi connectivity index (χ1v) is 10.2. The molecule has 0 bridgehead atoms. The molecule has 166 valence electrons. The van der Waals surface area contributed by atoms with Gasteiger partial charge in [0.25, 0.3) is 0 Å². The molecule has 3 rings (SSSR count). The van der Waals surface area contributed by atoms with Gasteiger partial charge < -0.3 is 14.2 Å². The van der Waals surface area contributed by atoms with E-state index in [0.29, 0.717) is 12.5 Å². The highest BCUT2D eigenvalue weighted by atomic mass is 16.6. The van der Waals surface area contributed by atoms with Crippen molar-refractivity contribution in [3.63, 3.8) is 0 Å². The summed E-state index contributed by atoms with van der Waals surface area (Å²) in [4.78, 5) is 29.9. The molecule has 2 aromatic heterocycles. The Kier molecular flexibility index (Phi) is 7.19. The van der Waals surface area contributed by atoms with Crippen molar-refractivity contribution in [2.75, 3.05) is 32.1 Å². The van der Waals surface area contributed by atoms with Gasteiger partial charge >= 0.3 is 11.6 Å². The fourth-order valence-corrected chi connectivity index (χ4v) is 3.36. The molecule has 3 aromatic rings. The molecule has 0 radical (unpaired) electrons. The highest BCUT2D eigenvalue weighted by Gasteiger charge is 2.21. The van der Waals surface area contributed by atoms with Crippen LogP contribution in [0.3, 0.4) is 0 Å². The Morgan fingerprint density at radius 2 is 2.00 bits per heavy atom. The first-order chi connectivity index (χ1) is 15.0. The molecule has 0 spiro atoms. The van der Waals surface area contributed by atoms with Crippen molar-refractivity contribution in [1.29, 1.82) is 0 Å². The number of methoxy groups -OCH3 is 1. The Balaban J connectivity index is 1.71. The van der Waals surface area contributed by atoms with Crippen LogP contribution < -0.4 is 10.1 Å². The van der Waals surface area contributed by atoms with Crippen LogP contribution in [0.4, 0.5) is 11.6 Å². The number of para-hydroxylation sites is 2. The highest BCUT2D eigenvalue weighted by molar-refractivity contribution is 5.91. The summed E-state index contributed by atoms with van der Waals surface area (Å²) in [5, 5.41) is 17.9. The average Bonchev–Trinajstić information content (AvgIpc) is 3.34. The maximum atomic E-state index is 12.6. The lowest BCUT2D eigenvalue weighted by atomic mass is 10.3. The number of fused-ring (bicyclic) bond motifs is 1. The Labute approximate surface area is 179 Å². The van der Waals surface area contributed by atoms with Gasteiger partial charge in [-0.1, -0.05) is 26.0 Å². The molecule has 1 aromatic carbocycles. The van der Waals surface area contributed by atoms with Crippen LogP contribution in [-0.2, 0) is 17.9 Å². The molecule has 11 nitrogen and oxygen atoms in total. The van der Waals surface area contributed by atoms with Crippen molar-refractivity contribution in [3.8, 4) is 5.88 Å². The van der Waals surface area contributed by atoms with E-state index >= 15 is 0 Å². The third-order valence-electron chi connectivity index (χ3n) is 5.11. The third-order valence-corrected chi connectivity index (χ3v) is 5.11. The highest BCUT2D eigenvalue weighted by Crippen LogP contribution is 2.24. The molecule has 31 heavy (non-hydrogen) atoms. The van der Waals surface area contributed by atoms with E-state index in [1.165, 1.54) is 18.0 Å². The molecule has 2 heterocycles. The fourth-order valence-electron chi connectivity index (χ4n) is 3.36. The van der Waals surface area contributed by atoms with E-state index in [-0.39, 0.29) is 30.4 Å². The summed E-state index contributed by atoms with van der Waals surface area (Å²) in [6, 6.07) is 7.75. The maximum absolute atomic E-state index is 12.6. The lowest BCUT2D eigenvalue weighted by molar-refractivity contribution is -0.385. The standard InChI is InChI=1S/C20H27N7O4/c1-4-24(5-2)12-13-26-16-9-7-6-8-15(16)21-20(26)22-18(28)10-11-25-14-17(27(29)30)19(23-25)31-3/h6-9,14H,4-5,10-13H2,1-3H3,(H,21,22,28). The largest absolute Gasteiger partial charge is 0.475 e. The van der Waals surface area contributed by atoms with Gasteiger partial charge in [-0.25, -0.2) is 4.98 Å². The number of anilines is 1. The molecule has 0 aliphatic rings. The third kappa shape index (κ3) is 5.18. The number of likely N-dealkylation sites (N-methyl/N-ethyl adjacent to an activating group) is 1. The van der Waals surface area contributed by atoms with Crippen molar-refractivity contribution in [1.82, 2.24) is 24.2 Å². The summed E-state index contributed by atoms with van der Waals surface area (Å²) in [6.07, 6.45) is 1.34. The van der Waals surface area contributed by atoms with E-state index in [1.54, 1.807) is 0 Å². The number of amides is 1. The van der Waals surface area contributed by atoms with Crippen molar-refractivity contribution < 1.29 is 14.5 Å². The Bertz CT molecular complexity index is 1060. The van der Waals surface area contributed by atoms with Crippen LogP contribution in [0.5, 0.6) is 5.88 Å². The topological polar surface area (TPSA) is 120 Å². The average molecular weight is 429 g/mol. The molecule has 11 heteroatoms. The SMILES string of the molecule is CCN(CC)CCn1c(NC(=O)CCn2cc([N+](=O)[O-])c(OC)n2)nc2ccccc21. The number of ether oxygens (including phenoxy) is 1. The molecule has 0 fully saturated rings. The zero-order valence-electron chi connectivity index (χ0n) is 17.9. The smallest absolute Gasteiger partial charge is 0.350 e. The summed E-state index contributed by atoms with van der Waals surface area (Å²) in [7, 11) is 1.31. The lowest BCUT2D eigenvalue weighted by Crippen LogP contribution is -2.27. The van der Waals surface area contributed by atoms with Gasteiger partial charge in [0.15, 0.2) is 0 Å². The number of nitrogens with zero attached hydrogens (tertiary/aromatic N) is 6. The Morgan fingerprint density at radius 1 is 1.26 bits per heavy atom. The quantitative estimate of drug-likeness (QED) is 0.367. The Morgan fingerprint density at radius 3 is 2.65 bits per heavy atom. The molecular weight excluding hydrogens is 402 g/mol. The van der Waals surface area contributed by atoms with Crippen molar-refractivity contribution >= 4 is 28.6 Å². The first kappa shape index (κ1) is 22.2. The van der Waals surface area contributed by atoms with Gasteiger partial charge in [-0.2, -0.15) is 0 Å². The van der Waals surface area contributed by atoms with Crippen LogP contribution in [0.2, 0.25) is 0 Å². The number of hydrogen-bond donors (Lipinski definition) is 1. The van der Waals surface area contributed by atoms with Crippen LogP contribution in [0, 0.1) is 10.1 Å². The number of benzene rings is 1. The summed E-state index contributed by atoms with van der Waals surface area (Å²) in [5.41, 5.74) is 1.53. The molecule has 1 N–H and O–H groups in total. The normalized spacial score (nSPS) is 11.2. The second-order valence-electron chi connectivity index (χ2n) is 6.94. The monoisotopic (exact) mass is 429 g/mol. The van der Waals surface area contributed by atoms with E-state index in [0.717, 1.165) is 30.7 Å². The fraction of sp³-hybridized carbons (Fsp3) is 0.450. The molecule has 0 saturated heterocycles. The maximum Gasteiger partial charge on any atom is 0.350 e. The van der Waals surface area contributed by atoms with Crippen molar-refractivity contribution in [3.05, 3.63) is 40.6 Å². The summed E-state index contributed by atoms with van der Waals surface area (Å²) in [5.74, 6) is 0.155. The summed E-state index contributed by atoms with van der Waals surface area (Å²) < 4.78 is 8.25. The second kappa shape index (κ2) is 10.0. The lowest BCUT2D eigenvalue weighted by Gasteiger charge is -2.19. The number of carbonyl (C=O) groups excluding carboxylic acids is 1. The van der Waals surface area contributed by atoms with E-state index in [4.69, 9.17) is 4.74 Å². The van der Waals surface area contributed by atoms with Gasteiger partial charge in [0.05, 0.1) is 29.6 Å². The molecule has 0 aliphatic heterocycles. The number of nitro groups is 1. The van der Waals surface area contributed by atoms with E-state index in [2.05, 4.69) is 34.1 Å². The number of nitrogens with one attached hydrogen (secondary N) is 1. The van der Waals surface area contributed by atoms with Gasteiger partial charge in [-0.3, -0.25) is 24.9 Å². The van der Waals surface area contributed by atoms with Gasteiger partial charge in [-0.15, -0.1) is 5.10 Å². The summed E-state index contributed by atoms with van der Waals surface area (Å²) >= 11 is 0. The van der Waals surface area contributed by atoms with Gasteiger partial charge in [0.1, 0.15) is 6.20 Å². The predicted octanol–water partition coefficient (Wildman–Crippen LogP) is 2.52. The van der Waals surface area contributed by atoms with E-state index < -0.39 is 4.92 Å². The van der Waals surface area contributed by atoms with Crippen molar-refractivity contribution in [2.24, 2.45) is 0 Å². The molecule has 0 saturated carbocycles. The minimum absolute atomic E-state index is 0.0800. The van der Waals surface area contributed by atoms with Gasteiger partial charge in [-0.05, 0) is 25.2 Å². The number of aromatic nitrogens is 4. The number of carbonyl (C=O) groups is 1. The van der Waals surface area contributed by atoms with Crippen LogP contribution >= 0.6 is 0 Å². The van der Waals surface area contributed by atoms with Gasteiger partial charge in [0, 0.05) is 19.5 Å². The molecule has 0 atom stereocenters. The van der Waals surface area contributed by atoms with Gasteiger partial charge in [0.2, 0.25) is 11.9 Å². The molecule has 1 amide bonds. The number of aryl methyl sites for hydroxylation is 1. The minimum atomic E-state index is -0.569.